The Morgan fingerprint density at radius 3 is 2.55 bits per heavy atom. The molecule has 0 aliphatic carbocycles. The van der Waals surface area contributed by atoms with E-state index in [4.69, 9.17) is 0 Å². The maximum absolute atomic E-state index is 12.8. The largest absolute Gasteiger partial charge is 0.347 e. The Hall–Kier alpha value is -2.70. The Kier molecular flexibility index (Phi) is 4.88. The van der Waals surface area contributed by atoms with Gasteiger partial charge in [-0.15, -0.1) is 0 Å². The minimum Gasteiger partial charge on any atom is -0.347 e. The van der Waals surface area contributed by atoms with Crippen LogP contribution in [0.2, 0.25) is 0 Å². The molecule has 0 fully saturated rings. The summed E-state index contributed by atoms with van der Waals surface area (Å²) >= 11 is 0. The van der Waals surface area contributed by atoms with E-state index < -0.39 is 0 Å². The predicted octanol–water partition coefficient (Wildman–Crippen LogP) is 2.31. The van der Waals surface area contributed by atoms with Gasteiger partial charge in [0.1, 0.15) is 5.82 Å². The van der Waals surface area contributed by atoms with Crippen LogP contribution in [-0.4, -0.2) is 30.1 Å². The van der Waals surface area contributed by atoms with Gasteiger partial charge < -0.3 is 15.5 Å². The van der Waals surface area contributed by atoms with Crippen molar-refractivity contribution >= 4 is 17.7 Å². The van der Waals surface area contributed by atoms with Crippen LogP contribution in [0.3, 0.4) is 0 Å². The van der Waals surface area contributed by atoms with Crippen molar-refractivity contribution in [2.24, 2.45) is 0 Å². The molecule has 2 N–H and O–H groups in total. The first kappa shape index (κ1) is 15.7. The van der Waals surface area contributed by atoms with E-state index >= 15 is 0 Å². The fourth-order valence-corrected chi connectivity index (χ4v) is 1.79. The first-order valence-corrected chi connectivity index (χ1v) is 6.76. The molecule has 0 saturated carbocycles. The minimum atomic E-state index is -0.380. The van der Waals surface area contributed by atoms with Crippen molar-refractivity contribution in [1.29, 1.82) is 0 Å². The van der Waals surface area contributed by atoms with E-state index in [-0.39, 0.29) is 18.4 Å². The van der Waals surface area contributed by atoms with Crippen LogP contribution < -0.4 is 15.5 Å². The third-order valence-corrected chi connectivity index (χ3v) is 2.83. The maximum Gasteiger partial charge on any atom is 0.319 e. The number of carbonyl (C=O) groups is 1. The number of hydrogen-bond acceptors (Lipinski definition) is 4. The van der Waals surface area contributed by atoms with Crippen molar-refractivity contribution in [3.63, 3.8) is 0 Å². The standard InChI is InChI=1S/C15H18FN5O/c1-10-8-13(19-14(18-10)21(2)3)9-17-15(22)20-12-6-4-11(16)5-7-12/h4-8H,9H2,1-3H3,(H2,17,20,22). The van der Waals surface area contributed by atoms with Crippen LogP contribution in [0.15, 0.2) is 30.3 Å². The predicted molar refractivity (Wildman–Crippen MR) is 83.4 cm³/mol. The molecule has 22 heavy (non-hydrogen) atoms. The van der Waals surface area contributed by atoms with Crippen molar-refractivity contribution in [3.05, 3.63) is 47.5 Å². The van der Waals surface area contributed by atoms with Gasteiger partial charge in [0.15, 0.2) is 0 Å². The Balaban J connectivity index is 1.94. The van der Waals surface area contributed by atoms with Crippen LogP contribution in [0.5, 0.6) is 0 Å². The van der Waals surface area contributed by atoms with Gasteiger partial charge in [0.05, 0.1) is 12.2 Å². The number of aryl methyl sites for hydroxylation is 1. The lowest BCUT2D eigenvalue weighted by molar-refractivity contribution is 0.251. The lowest BCUT2D eigenvalue weighted by Crippen LogP contribution is -2.29. The van der Waals surface area contributed by atoms with Crippen LogP contribution in [0.1, 0.15) is 11.4 Å². The van der Waals surface area contributed by atoms with Crippen LogP contribution in [0.25, 0.3) is 0 Å². The molecule has 116 valence electrons. The summed E-state index contributed by atoms with van der Waals surface area (Å²) in [7, 11) is 3.71. The van der Waals surface area contributed by atoms with Gasteiger partial charge in [0.25, 0.3) is 0 Å². The molecule has 6 nitrogen and oxygen atoms in total. The van der Waals surface area contributed by atoms with Gasteiger partial charge in [-0.3, -0.25) is 0 Å². The van der Waals surface area contributed by atoms with E-state index in [2.05, 4.69) is 20.6 Å². The van der Waals surface area contributed by atoms with Crippen LogP contribution in [0, 0.1) is 12.7 Å². The van der Waals surface area contributed by atoms with Gasteiger partial charge in [-0.25, -0.2) is 19.2 Å². The molecule has 0 unspecified atom stereocenters. The molecule has 7 heteroatoms. The quantitative estimate of drug-likeness (QED) is 0.909. The van der Waals surface area contributed by atoms with E-state index in [9.17, 15) is 9.18 Å². The van der Waals surface area contributed by atoms with E-state index in [1.54, 1.807) is 4.90 Å². The summed E-state index contributed by atoms with van der Waals surface area (Å²) in [6, 6.07) is 6.99. The monoisotopic (exact) mass is 303 g/mol. The number of nitrogens with zero attached hydrogens (tertiary/aromatic N) is 3. The fourth-order valence-electron chi connectivity index (χ4n) is 1.79. The Morgan fingerprint density at radius 1 is 1.23 bits per heavy atom. The number of benzene rings is 1. The number of amides is 2. The average Bonchev–Trinajstić information content (AvgIpc) is 2.47. The molecule has 2 aromatic rings. The van der Waals surface area contributed by atoms with E-state index in [1.165, 1.54) is 24.3 Å². The summed E-state index contributed by atoms with van der Waals surface area (Å²) in [5.41, 5.74) is 2.06. The number of rotatable bonds is 4. The fraction of sp³-hybridized carbons (Fsp3) is 0.267. The number of nitrogens with one attached hydrogen (secondary N) is 2. The summed E-state index contributed by atoms with van der Waals surface area (Å²) in [6.07, 6.45) is 0. The molecule has 0 atom stereocenters. The second kappa shape index (κ2) is 6.84. The number of aromatic nitrogens is 2. The van der Waals surface area contributed by atoms with Gasteiger partial charge in [-0.05, 0) is 37.3 Å². The average molecular weight is 303 g/mol. The van der Waals surface area contributed by atoms with E-state index in [0.717, 1.165) is 5.69 Å². The number of carbonyl (C=O) groups excluding carboxylic acids is 1. The molecule has 1 aromatic heterocycles. The Morgan fingerprint density at radius 2 is 1.91 bits per heavy atom. The molecular weight excluding hydrogens is 285 g/mol. The molecule has 0 spiro atoms. The molecule has 0 saturated heterocycles. The maximum atomic E-state index is 12.8. The van der Waals surface area contributed by atoms with Crippen LogP contribution in [-0.2, 0) is 6.54 Å². The summed E-state index contributed by atoms with van der Waals surface area (Å²) in [6.45, 7) is 2.15. The second-order valence-corrected chi connectivity index (χ2v) is 5.01. The van der Waals surface area contributed by atoms with Crippen molar-refractivity contribution in [1.82, 2.24) is 15.3 Å². The van der Waals surface area contributed by atoms with Crippen molar-refractivity contribution in [2.75, 3.05) is 24.3 Å². The lowest BCUT2D eigenvalue weighted by Gasteiger charge is -2.13. The lowest BCUT2D eigenvalue weighted by atomic mass is 10.3. The molecule has 0 aliphatic heterocycles. The summed E-state index contributed by atoms with van der Waals surface area (Å²) in [4.78, 5) is 22.2. The number of urea groups is 1. The number of hydrogen-bond donors (Lipinski definition) is 2. The molecule has 1 heterocycles. The first-order chi connectivity index (χ1) is 10.4. The van der Waals surface area contributed by atoms with Crippen LogP contribution in [0.4, 0.5) is 20.8 Å². The topological polar surface area (TPSA) is 70.2 Å². The molecular formula is C15H18FN5O. The zero-order valence-corrected chi connectivity index (χ0v) is 12.7. The molecule has 0 bridgehead atoms. The summed E-state index contributed by atoms with van der Waals surface area (Å²) in [5, 5.41) is 5.32. The minimum absolute atomic E-state index is 0.275. The molecule has 2 rings (SSSR count). The number of halogens is 1. The van der Waals surface area contributed by atoms with Crippen molar-refractivity contribution < 1.29 is 9.18 Å². The van der Waals surface area contributed by atoms with Crippen molar-refractivity contribution in [2.45, 2.75) is 13.5 Å². The van der Waals surface area contributed by atoms with E-state index in [0.29, 0.717) is 17.3 Å². The highest BCUT2D eigenvalue weighted by Crippen LogP contribution is 2.09. The second-order valence-electron chi connectivity index (χ2n) is 5.01. The highest BCUT2D eigenvalue weighted by atomic mass is 19.1. The first-order valence-electron chi connectivity index (χ1n) is 6.76. The van der Waals surface area contributed by atoms with Gasteiger partial charge in [-0.1, -0.05) is 0 Å². The molecule has 0 radical (unpaired) electrons. The smallest absolute Gasteiger partial charge is 0.319 e. The van der Waals surface area contributed by atoms with Gasteiger partial charge in [-0.2, -0.15) is 0 Å². The number of anilines is 2. The van der Waals surface area contributed by atoms with Gasteiger partial charge in [0.2, 0.25) is 5.95 Å². The summed E-state index contributed by atoms with van der Waals surface area (Å²) < 4.78 is 12.8. The highest BCUT2D eigenvalue weighted by Gasteiger charge is 2.06. The third-order valence-electron chi connectivity index (χ3n) is 2.83. The molecule has 0 aliphatic rings. The Labute approximate surface area is 128 Å². The van der Waals surface area contributed by atoms with Gasteiger partial charge in [0, 0.05) is 25.5 Å². The highest BCUT2D eigenvalue weighted by molar-refractivity contribution is 5.89. The third kappa shape index (κ3) is 4.41. The summed E-state index contributed by atoms with van der Waals surface area (Å²) in [5.74, 6) is 0.245. The van der Waals surface area contributed by atoms with Crippen LogP contribution >= 0.6 is 0 Å². The molecule has 1 aromatic carbocycles. The zero-order chi connectivity index (χ0) is 16.1. The SMILES string of the molecule is Cc1cc(CNC(=O)Nc2ccc(F)cc2)nc(N(C)C)n1. The molecule has 2 amide bonds. The zero-order valence-electron chi connectivity index (χ0n) is 12.7. The van der Waals surface area contributed by atoms with Crippen molar-refractivity contribution in [3.8, 4) is 0 Å². The Bertz CT molecular complexity index is 657. The van der Waals surface area contributed by atoms with E-state index in [1.807, 2.05) is 27.1 Å². The van der Waals surface area contributed by atoms with Gasteiger partial charge >= 0.3 is 6.03 Å². The normalized spacial score (nSPS) is 10.2.